The van der Waals surface area contributed by atoms with Gasteiger partial charge in [0.25, 0.3) is 0 Å². The van der Waals surface area contributed by atoms with Crippen molar-refractivity contribution in [3.63, 3.8) is 0 Å². The summed E-state index contributed by atoms with van der Waals surface area (Å²) in [7, 11) is 0.0884. The number of rotatable bonds is 13. The second-order valence-corrected chi connectivity index (χ2v) is 10.8. The zero-order chi connectivity index (χ0) is 25.5. The molecule has 0 bridgehead atoms. The standard InChI is InChI=1S/C24H36N4O5S/c1-16(2)15-20(24(30)31)27-23(29)19(25)11-5-6-14-26-34(32,33)22-13-8-9-17-18(22)10-7-12-21(17)28(3)4/h7-10,12-13,16,19-20,26H,5-6,11,14-15,25H2,1-4H3,(H,27,29)(H,30,31)/t19-,20-/m0/s1. The molecule has 0 aliphatic rings. The summed E-state index contributed by atoms with van der Waals surface area (Å²) in [6.45, 7) is 3.95. The van der Waals surface area contributed by atoms with Crippen LogP contribution in [0.15, 0.2) is 41.3 Å². The molecular formula is C24H36N4O5S. The maximum Gasteiger partial charge on any atom is 0.326 e. The largest absolute Gasteiger partial charge is 0.480 e. The van der Waals surface area contributed by atoms with Crippen LogP contribution in [0.5, 0.6) is 0 Å². The summed E-state index contributed by atoms with van der Waals surface area (Å²) in [4.78, 5) is 25.7. The molecule has 1 amide bonds. The number of aliphatic carboxylic acids is 1. The van der Waals surface area contributed by atoms with E-state index >= 15 is 0 Å². The summed E-state index contributed by atoms with van der Waals surface area (Å²) in [5.74, 6) is -1.49. The summed E-state index contributed by atoms with van der Waals surface area (Å²) in [6, 6.07) is 8.94. The topological polar surface area (TPSA) is 142 Å². The first kappa shape index (κ1) is 27.6. The van der Waals surface area contributed by atoms with Crippen molar-refractivity contribution in [2.24, 2.45) is 11.7 Å². The zero-order valence-electron chi connectivity index (χ0n) is 20.2. The van der Waals surface area contributed by atoms with E-state index in [1.54, 1.807) is 18.2 Å². The van der Waals surface area contributed by atoms with E-state index in [0.717, 1.165) is 11.1 Å². The Morgan fingerprint density at radius 1 is 1.06 bits per heavy atom. The number of carboxylic acids is 1. The van der Waals surface area contributed by atoms with Crippen LogP contribution in [-0.2, 0) is 19.6 Å². The molecule has 34 heavy (non-hydrogen) atoms. The van der Waals surface area contributed by atoms with Crippen LogP contribution in [0.1, 0.15) is 39.5 Å². The highest BCUT2D eigenvalue weighted by molar-refractivity contribution is 7.89. The summed E-state index contributed by atoms with van der Waals surface area (Å²) >= 11 is 0. The molecule has 10 heteroatoms. The lowest BCUT2D eigenvalue weighted by atomic mass is 10.0. The minimum Gasteiger partial charge on any atom is -0.480 e. The lowest BCUT2D eigenvalue weighted by Crippen LogP contribution is -2.48. The minimum atomic E-state index is -3.73. The van der Waals surface area contributed by atoms with E-state index in [4.69, 9.17) is 5.73 Å². The Balaban J connectivity index is 1.91. The lowest BCUT2D eigenvalue weighted by Gasteiger charge is -2.19. The minimum absolute atomic E-state index is 0.113. The van der Waals surface area contributed by atoms with Gasteiger partial charge in [-0.15, -0.1) is 0 Å². The van der Waals surface area contributed by atoms with Crippen LogP contribution in [-0.4, -0.2) is 58.1 Å². The van der Waals surface area contributed by atoms with E-state index in [9.17, 15) is 23.1 Å². The fraction of sp³-hybridized carbons (Fsp3) is 0.500. The van der Waals surface area contributed by atoms with Gasteiger partial charge in [-0.05, 0) is 37.3 Å². The van der Waals surface area contributed by atoms with Gasteiger partial charge >= 0.3 is 5.97 Å². The molecule has 0 aromatic heterocycles. The fourth-order valence-electron chi connectivity index (χ4n) is 3.77. The van der Waals surface area contributed by atoms with Crippen molar-refractivity contribution in [1.82, 2.24) is 10.0 Å². The molecule has 0 spiro atoms. The summed E-state index contributed by atoms with van der Waals surface area (Å²) in [5, 5.41) is 13.2. The predicted octanol–water partition coefficient (Wildman–Crippen LogP) is 2.30. The quantitative estimate of drug-likeness (QED) is 0.314. The number of fused-ring (bicyclic) bond motifs is 1. The average Bonchev–Trinajstić information content (AvgIpc) is 2.76. The molecule has 2 rings (SSSR count). The number of amides is 1. The Hall–Kier alpha value is -2.69. The average molecular weight is 493 g/mol. The highest BCUT2D eigenvalue weighted by atomic mass is 32.2. The van der Waals surface area contributed by atoms with Crippen molar-refractivity contribution >= 4 is 38.4 Å². The first-order valence-corrected chi connectivity index (χ1v) is 12.9. The molecular weight excluding hydrogens is 456 g/mol. The fourth-order valence-corrected chi connectivity index (χ4v) is 5.06. The Morgan fingerprint density at radius 3 is 2.32 bits per heavy atom. The normalized spacial score (nSPS) is 13.6. The molecule has 188 valence electrons. The molecule has 9 nitrogen and oxygen atoms in total. The zero-order valence-corrected chi connectivity index (χ0v) is 21.1. The summed E-state index contributed by atoms with van der Waals surface area (Å²) in [5.41, 5.74) is 6.84. The molecule has 0 fully saturated rings. The van der Waals surface area contributed by atoms with Crippen LogP contribution >= 0.6 is 0 Å². The number of carboxylic acid groups (broad SMARTS) is 1. The van der Waals surface area contributed by atoms with E-state index in [-0.39, 0.29) is 17.4 Å². The molecule has 2 aromatic rings. The molecule has 2 aromatic carbocycles. The number of carbonyl (C=O) groups is 2. The first-order valence-electron chi connectivity index (χ1n) is 11.4. The van der Waals surface area contributed by atoms with Gasteiger partial charge in [0.2, 0.25) is 15.9 Å². The molecule has 5 N–H and O–H groups in total. The Kier molecular flexibility index (Phi) is 9.84. The number of hydrogen-bond acceptors (Lipinski definition) is 6. The third-order valence-electron chi connectivity index (χ3n) is 5.52. The highest BCUT2D eigenvalue weighted by Crippen LogP contribution is 2.30. The number of nitrogens with two attached hydrogens (primary N) is 1. The van der Waals surface area contributed by atoms with Crippen LogP contribution < -0.4 is 20.7 Å². The molecule has 0 aliphatic carbocycles. The van der Waals surface area contributed by atoms with Crippen LogP contribution in [0, 0.1) is 5.92 Å². The van der Waals surface area contributed by atoms with E-state index in [1.807, 2.05) is 51.0 Å². The highest BCUT2D eigenvalue weighted by Gasteiger charge is 2.24. The van der Waals surface area contributed by atoms with Gasteiger partial charge in [0.05, 0.1) is 10.9 Å². The predicted molar refractivity (Wildman–Crippen MR) is 134 cm³/mol. The number of benzene rings is 2. The van der Waals surface area contributed by atoms with Gasteiger partial charge in [-0.1, -0.05) is 44.5 Å². The molecule has 0 saturated heterocycles. The first-order chi connectivity index (χ1) is 15.9. The van der Waals surface area contributed by atoms with Gasteiger partial charge in [-0.3, -0.25) is 4.79 Å². The second kappa shape index (κ2) is 12.1. The van der Waals surface area contributed by atoms with Crippen molar-refractivity contribution in [2.45, 2.75) is 56.5 Å². The van der Waals surface area contributed by atoms with E-state index in [0.29, 0.717) is 31.1 Å². The maximum atomic E-state index is 12.9. The van der Waals surface area contributed by atoms with Crippen molar-refractivity contribution < 1.29 is 23.1 Å². The van der Waals surface area contributed by atoms with Crippen LogP contribution in [0.3, 0.4) is 0 Å². The van der Waals surface area contributed by atoms with Crippen molar-refractivity contribution in [1.29, 1.82) is 0 Å². The smallest absolute Gasteiger partial charge is 0.326 e. The van der Waals surface area contributed by atoms with Crippen LogP contribution in [0.25, 0.3) is 10.8 Å². The van der Waals surface area contributed by atoms with Gasteiger partial charge < -0.3 is 21.1 Å². The van der Waals surface area contributed by atoms with Gasteiger partial charge in [0, 0.05) is 37.1 Å². The number of nitrogens with zero attached hydrogens (tertiary/aromatic N) is 1. The number of sulfonamides is 1. The van der Waals surface area contributed by atoms with Crippen LogP contribution in [0.4, 0.5) is 5.69 Å². The third kappa shape index (κ3) is 7.41. The number of hydrogen-bond donors (Lipinski definition) is 4. The molecule has 0 aliphatic heterocycles. The van der Waals surface area contributed by atoms with Crippen molar-refractivity contribution in [3.05, 3.63) is 36.4 Å². The third-order valence-corrected chi connectivity index (χ3v) is 7.04. The second-order valence-electron chi connectivity index (χ2n) is 9.05. The van der Waals surface area contributed by atoms with E-state index in [1.165, 1.54) is 0 Å². The molecule has 0 heterocycles. The maximum absolute atomic E-state index is 12.9. The molecule has 0 unspecified atom stereocenters. The van der Waals surface area contributed by atoms with Crippen LogP contribution in [0.2, 0.25) is 0 Å². The van der Waals surface area contributed by atoms with Gasteiger partial charge in [0.15, 0.2) is 0 Å². The lowest BCUT2D eigenvalue weighted by molar-refractivity contribution is -0.142. The van der Waals surface area contributed by atoms with E-state index < -0.39 is 34.0 Å². The van der Waals surface area contributed by atoms with Crippen molar-refractivity contribution in [3.8, 4) is 0 Å². The summed E-state index contributed by atoms with van der Waals surface area (Å²) < 4.78 is 28.5. The van der Waals surface area contributed by atoms with Gasteiger partial charge in [-0.25, -0.2) is 17.9 Å². The van der Waals surface area contributed by atoms with Crippen molar-refractivity contribution in [2.75, 3.05) is 25.5 Å². The number of unbranched alkanes of at least 4 members (excludes halogenated alkanes) is 1. The SMILES string of the molecule is CC(C)C[C@H](NC(=O)[C@@H](N)CCCCNS(=O)(=O)c1cccc2c(N(C)C)cccc12)C(=O)O. The Labute approximate surface area is 201 Å². The number of nitrogens with one attached hydrogen (secondary N) is 2. The number of anilines is 1. The number of carbonyl (C=O) groups excluding carboxylic acids is 1. The molecule has 0 radical (unpaired) electrons. The molecule has 2 atom stereocenters. The van der Waals surface area contributed by atoms with Gasteiger partial charge in [-0.2, -0.15) is 0 Å². The molecule has 0 saturated carbocycles. The summed E-state index contributed by atoms with van der Waals surface area (Å²) in [6.07, 6.45) is 1.64. The monoisotopic (exact) mass is 492 g/mol. The Bertz CT molecular complexity index is 1100. The van der Waals surface area contributed by atoms with Gasteiger partial charge in [0.1, 0.15) is 6.04 Å². The van der Waals surface area contributed by atoms with E-state index in [2.05, 4.69) is 10.0 Å². The Morgan fingerprint density at radius 2 is 1.71 bits per heavy atom.